The Morgan fingerprint density at radius 1 is 1.00 bits per heavy atom. The fourth-order valence-electron chi connectivity index (χ4n) is 4.14. The van der Waals surface area contributed by atoms with E-state index >= 15 is 0 Å². The van der Waals surface area contributed by atoms with Crippen molar-refractivity contribution < 1.29 is 9.47 Å². The van der Waals surface area contributed by atoms with Crippen LogP contribution in [0.5, 0.6) is 5.75 Å². The zero-order valence-electron chi connectivity index (χ0n) is 16.3. The second-order valence-electron chi connectivity index (χ2n) is 8.57. The lowest BCUT2D eigenvalue weighted by molar-refractivity contribution is -0.116. The van der Waals surface area contributed by atoms with E-state index in [1.54, 1.807) is 0 Å². The van der Waals surface area contributed by atoms with Crippen molar-refractivity contribution in [1.29, 1.82) is 0 Å². The number of rotatable bonds is 6. The van der Waals surface area contributed by atoms with Crippen molar-refractivity contribution in [3.05, 3.63) is 29.8 Å². The molecule has 0 N–H and O–H groups in total. The van der Waals surface area contributed by atoms with Crippen molar-refractivity contribution in [1.82, 2.24) is 0 Å². The average molecular weight is 331 g/mol. The molecule has 1 aliphatic rings. The Kier molecular flexibility index (Phi) is 6.58. The molecule has 24 heavy (non-hydrogen) atoms. The van der Waals surface area contributed by atoms with Gasteiger partial charge in [-0.3, -0.25) is 0 Å². The van der Waals surface area contributed by atoms with Gasteiger partial charge >= 0.3 is 0 Å². The second kappa shape index (κ2) is 8.26. The van der Waals surface area contributed by atoms with Crippen LogP contribution in [-0.2, 0) is 4.74 Å². The molecule has 0 amide bonds. The van der Waals surface area contributed by atoms with Gasteiger partial charge in [-0.2, -0.15) is 0 Å². The zero-order chi connectivity index (χ0) is 17.7. The summed E-state index contributed by atoms with van der Waals surface area (Å²) < 4.78 is 11.9. The van der Waals surface area contributed by atoms with Crippen LogP contribution in [-0.4, -0.2) is 12.4 Å². The summed E-state index contributed by atoms with van der Waals surface area (Å²) >= 11 is 0. The predicted molar refractivity (Wildman–Crippen MR) is 99.2 cm³/mol. The van der Waals surface area contributed by atoms with E-state index < -0.39 is 0 Å². The molecule has 0 saturated heterocycles. The van der Waals surface area contributed by atoms with Crippen molar-refractivity contribution in [2.75, 3.05) is 0 Å². The van der Waals surface area contributed by atoms with E-state index in [0.29, 0.717) is 17.9 Å². The second-order valence-corrected chi connectivity index (χ2v) is 8.57. The number of hydrogen-bond acceptors (Lipinski definition) is 2. The highest BCUT2D eigenvalue weighted by Gasteiger charge is 2.29. The fraction of sp³-hybridized carbons (Fsp3) is 0.727. The zero-order valence-corrected chi connectivity index (χ0v) is 16.3. The average Bonchev–Trinajstić information content (AvgIpc) is 2.48. The van der Waals surface area contributed by atoms with Gasteiger partial charge in [-0.25, -0.2) is 0 Å². The van der Waals surface area contributed by atoms with Crippen LogP contribution in [0.3, 0.4) is 0 Å². The summed E-state index contributed by atoms with van der Waals surface area (Å²) in [6, 6.07) is 10.7. The summed E-state index contributed by atoms with van der Waals surface area (Å²) in [7, 11) is 0. The molecule has 2 rings (SSSR count). The minimum Gasteiger partial charge on any atom is -0.457 e. The van der Waals surface area contributed by atoms with E-state index in [4.69, 9.17) is 9.47 Å². The maximum absolute atomic E-state index is 6.01. The minimum absolute atomic E-state index is 0.207. The summed E-state index contributed by atoms with van der Waals surface area (Å²) in [5.74, 6) is 1.74. The van der Waals surface area contributed by atoms with Gasteiger partial charge < -0.3 is 9.47 Å². The van der Waals surface area contributed by atoms with E-state index in [9.17, 15) is 0 Å². The van der Waals surface area contributed by atoms with Gasteiger partial charge in [0.1, 0.15) is 0 Å². The van der Waals surface area contributed by atoms with E-state index in [-0.39, 0.29) is 11.7 Å². The molecule has 0 spiro atoms. The van der Waals surface area contributed by atoms with Gasteiger partial charge in [-0.1, -0.05) is 59.9 Å². The summed E-state index contributed by atoms with van der Waals surface area (Å²) in [4.78, 5) is 0. The monoisotopic (exact) mass is 330 g/mol. The van der Waals surface area contributed by atoms with E-state index in [2.05, 4.69) is 52.8 Å². The maximum atomic E-state index is 6.01. The first-order valence-corrected chi connectivity index (χ1v) is 9.53. The van der Waals surface area contributed by atoms with Crippen molar-refractivity contribution in [3.8, 4) is 5.75 Å². The molecule has 1 aliphatic carbocycles. The lowest BCUT2D eigenvalue weighted by atomic mass is 9.71. The molecule has 0 aliphatic heterocycles. The molecule has 0 radical (unpaired) electrons. The van der Waals surface area contributed by atoms with E-state index in [0.717, 1.165) is 18.6 Å². The third-order valence-corrected chi connectivity index (χ3v) is 4.91. The molecule has 2 nitrogen and oxygen atoms in total. The van der Waals surface area contributed by atoms with Crippen LogP contribution in [0.1, 0.15) is 85.1 Å². The molecule has 0 heterocycles. The van der Waals surface area contributed by atoms with Crippen LogP contribution in [0.15, 0.2) is 12.1 Å². The van der Waals surface area contributed by atoms with Gasteiger partial charge in [0.2, 0.25) is 0 Å². The molecule has 2 heteroatoms. The predicted octanol–water partition coefficient (Wildman–Crippen LogP) is 6.15. The van der Waals surface area contributed by atoms with Gasteiger partial charge in [-0.05, 0) is 55.2 Å². The molecule has 2 atom stereocenters. The van der Waals surface area contributed by atoms with Crippen LogP contribution >= 0.6 is 0 Å². The topological polar surface area (TPSA) is 18.5 Å². The first kappa shape index (κ1) is 19.1. The summed E-state index contributed by atoms with van der Waals surface area (Å²) in [6.07, 6.45) is 6.32. The molecule has 1 fully saturated rings. The quantitative estimate of drug-likeness (QED) is 0.583. The van der Waals surface area contributed by atoms with Crippen molar-refractivity contribution in [2.24, 2.45) is 11.3 Å². The Morgan fingerprint density at radius 3 is 2.17 bits per heavy atom. The fourth-order valence-corrected chi connectivity index (χ4v) is 4.14. The standard InChI is InChI=1S/C22H34O2/c1-16(2)21(22(4,5)6)18-12-14-20(15-13-18)24-17(3)23-19-10-8-7-9-11-19/h12,14,16-17,19,21H,7-11H2,1-6H3. The Hall–Kier alpha value is -1.20. The van der Waals surface area contributed by atoms with Crippen molar-refractivity contribution in [3.63, 3.8) is 0 Å². The third kappa shape index (κ3) is 5.42. The van der Waals surface area contributed by atoms with Gasteiger partial charge in [0.15, 0.2) is 12.0 Å². The molecule has 2 unspecified atom stereocenters. The summed E-state index contributed by atoms with van der Waals surface area (Å²) in [6.45, 7) is 13.4. The van der Waals surface area contributed by atoms with Crippen LogP contribution < -0.4 is 4.74 Å². The Morgan fingerprint density at radius 2 is 1.67 bits per heavy atom. The van der Waals surface area contributed by atoms with E-state index in [1.807, 2.05) is 13.0 Å². The minimum atomic E-state index is -0.230. The van der Waals surface area contributed by atoms with Gasteiger partial charge in [-0.15, -0.1) is 0 Å². The van der Waals surface area contributed by atoms with Gasteiger partial charge in [0.05, 0.1) is 6.10 Å². The largest absolute Gasteiger partial charge is 0.457 e. The van der Waals surface area contributed by atoms with Gasteiger partial charge in [0.25, 0.3) is 0 Å². The van der Waals surface area contributed by atoms with Crippen LogP contribution in [0, 0.1) is 23.5 Å². The Labute approximate surface area is 148 Å². The van der Waals surface area contributed by atoms with Crippen molar-refractivity contribution >= 4 is 0 Å². The molecule has 1 saturated carbocycles. The highest BCUT2D eigenvalue weighted by atomic mass is 16.7. The molecular formula is C22H34O2. The Balaban J connectivity index is 1.95. The number of ether oxygens (including phenoxy) is 2. The summed E-state index contributed by atoms with van der Waals surface area (Å²) in [5.41, 5.74) is 1.42. The van der Waals surface area contributed by atoms with Gasteiger partial charge in [0, 0.05) is 5.56 Å². The highest BCUT2D eigenvalue weighted by molar-refractivity contribution is 5.24. The first-order valence-electron chi connectivity index (χ1n) is 9.53. The maximum Gasteiger partial charge on any atom is 0.198 e. The van der Waals surface area contributed by atoms with Crippen LogP contribution in [0.2, 0.25) is 0 Å². The lowest BCUT2D eigenvalue weighted by Gasteiger charge is -2.33. The molecule has 0 aromatic heterocycles. The lowest BCUT2D eigenvalue weighted by Crippen LogP contribution is -2.26. The third-order valence-electron chi connectivity index (χ3n) is 4.91. The van der Waals surface area contributed by atoms with Crippen LogP contribution in [0.25, 0.3) is 0 Å². The summed E-state index contributed by atoms with van der Waals surface area (Å²) in [5, 5.41) is 0. The SMILES string of the molecule is CC(Oc1c#cc(C(C(C)C)C(C)(C)C)cc1)OC1CCCCC1. The molecule has 134 valence electrons. The molecule has 1 aromatic rings. The van der Waals surface area contributed by atoms with E-state index in [1.165, 1.54) is 24.8 Å². The molecule has 0 bridgehead atoms. The Bertz CT molecular complexity index is 478. The molecular weight excluding hydrogens is 296 g/mol. The van der Waals surface area contributed by atoms with Crippen molar-refractivity contribution in [2.45, 2.75) is 92.0 Å². The highest BCUT2D eigenvalue weighted by Crippen LogP contribution is 2.40. The number of hydrogen-bond donors (Lipinski definition) is 0. The normalized spacial score (nSPS) is 19.0. The van der Waals surface area contributed by atoms with Crippen LogP contribution in [0.4, 0.5) is 0 Å². The molecule has 1 aromatic carbocycles. The smallest absolute Gasteiger partial charge is 0.198 e. The first-order chi connectivity index (χ1) is 11.3.